The summed E-state index contributed by atoms with van der Waals surface area (Å²) in [5.74, 6) is 0.565. The van der Waals surface area contributed by atoms with Crippen LogP contribution in [0, 0.1) is 12.8 Å². The van der Waals surface area contributed by atoms with E-state index in [0.717, 1.165) is 30.6 Å². The van der Waals surface area contributed by atoms with Gasteiger partial charge in [0.15, 0.2) is 0 Å². The number of carbonyl (C=O) groups is 1. The number of rotatable bonds is 3. The zero-order chi connectivity index (χ0) is 16.2. The first-order valence-electron chi connectivity index (χ1n) is 7.72. The maximum Gasteiger partial charge on any atom is 0.230 e. The third-order valence-electron chi connectivity index (χ3n) is 4.03. The van der Waals surface area contributed by atoms with Gasteiger partial charge in [-0.05, 0) is 43.5 Å². The van der Waals surface area contributed by atoms with Crippen molar-refractivity contribution in [3.8, 4) is 0 Å². The summed E-state index contributed by atoms with van der Waals surface area (Å²) in [5, 5.41) is 3.38. The molecule has 3 rings (SSSR count). The Labute approximate surface area is 140 Å². The van der Waals surface area contributed by atoms with Crippen LogP contribution in [-0.4, -0.2) is 29.0 Å². The molecule has 120 valence electrons. The Kier molecular flexibility index (Phi) is 4.76. The predicted octanol–water partition coefficient (Wildman–Crippen LogP) is 3.29. The zero-order valence-corrected chi connectivity index (χ0v) is 13.8. The van der Waals surface area contributed by atoms with Gasteiger partial charge in [-0.25, -0.2) is 9.97 Å². The second-order valence-corrected chi connectivity index (χ2v) is 6.22. The second kappa shape index (κ2) is 6.96. The van der Waals surface area contributed by atoms with E-state index in [-0.39, 0.29) is 11.8 Å². The van der Waals surface area contributed by atoms with Gasteiger partial charge in [0.25, 0.3) is 0 Å². The van der Waals surface area contributed by atoms with Gasteiger partial charge in [-0.3, -0.25) is 4.79 Å². The van der Waals surface area contributed by atoms with E-state index in [1.165, 1.54) is 0 Å². The molecule has 0 aliphatic carbocycles. The Balaban J connectivity index is 1.65. The quantitative estimate of drug-likeness (QED) is 0.877. The lowest BCUT2D eigenvalue weighted by atomic mass is 9.96. The van der Waals surface area contributed by atoms with Crippen molar-refractivity contribution in [1.29, 1.82) is 0 Å². The minimum absolute atomic E-state index is 0.0196. The highest BCUT2D eigenvalue weighted by atomic mass is 35.5. The smallest absolute Gasteiger partial charge is 0.230 e. The molecule has 1 atom stereocenters. The molecule has 0 radical (unpaired) electrons. The van der Waals surface area contributed by atoms with Gasteiger partial charge in [0, 0.05) is 31.2 Å². The standard InChI is InChI=1S/C17H19ClN4O/c1-12-4-5-16(20-10-12)21-17(23)13-3-2-8-22(11-13)14-6-7-19-15(18)9-14/h4-7,9-10,13H,2-3,8,11H2,1H3,(H,20,21,23). The number of nitrogens with one attached hydrogen (secondary N) is 1. The number of carbonyl (C=O) groups excluding carboxylic acids is 1. The first-order valence-corrected chi connectivity index (χ1v) is 8.09. The number of aryl methyl sites for hydroxylation is 1. The Morgan fingerprint density at radius 1 is 1.35 bits per heavy atom. The van der Waals surface area contributed by atoms with Crippen molar-refractivity contribution in [2.45, 2.75) is 19.8 Å². The van der Waals surface area contributed by atoms with Gasteiger partial charge in [-0.2, -0.15) is 0 Å². The molecule has 1 amide bonds. The number of piperidine rings is 1. The third-order valence-corrected chi connectivity index (χ3v) is 4.24. The van der Waals surface area contributed by atoms with Gasteiger partial charge >= 0.3 is 0 Å². The van der Waals surface area contributed by atoms with Gasteiger partial charge in [-0.1, -0.05) is 17.7 Å². The fourth-order valence-electron chi connectivity index (χ4n) is 2.78. The topological polar surface area (TPSA) is 58.1 Å². The van der Waals surface area contributed by atoms with Crippen LogP contribution in [0.1, 0.15) is 18.4 Å². The van der Waals surface area contributed by atoms with Gasteiger partial charge in [0.05, 0.1) is 5.92 Å². The number of nitrogens with zero attached hydrogens (tertiary/aromatic N) is 3. The van der Waals surface area contributed by atoms with Gasteiger partial charge in [0.2, 0.25) is 5.91 Å². The third kappa shape index (κ3) is 3.99. The van der Waals surface area contributed by atoms with E-state index in [2.05, 4.69) is 20.2 Å². The van der Waals surface area contributed by atoms with Crippen molar-refractivity contribution in [2.75, 3.05) is 23.3 Å². The number of anilines is 2. The molecule has 0 bridgehead atoms. The molecule has 1 N–H and O–H groups in total. The molecule has 2 aromatic rings. The van der Waals surface area contributed by atoms with E-state index >= 15 is 0 Å². The maximum atomic E-state index is 12.5. The number of aromatic nitrogens is 2. The Bertz CT molecular complexity index is 689. The summed E-state index contributed by atoms with van der Waals surface area (Å²) in [7, 11) is 0. The molecule has 1 aliphatic heterocycles. The number of pyridine rings is 2. The van der Waals surface area contributed by atoms with Crippen molar-refractivity contribution < 1.29 is 4.79 Å². The molecule has 1 unspecified atom stereocenters. The Morgan fingerprint density at radius 3 is 2.96 bits per heavy atom. The second-order valence-electron chi connectivity index (χ2n) is 5.83. The van der Waals surface area contributed by atoms with Crippen LogP contribution in [-0.2, 0) is 4.79 Å². The van der Waals surface area contributed by atoms with E-state index in [4.69, 9.17) is 11.6 Å². The maximum absolute atomic E-state index is 12.5. The van der Waals surface area contributed by atoms with Gasteiger partial charge < -0.3 is 10.2 Å². The molecule has 0 aromatic carbocycles. The Hall–Kier alpha value is -2.14. The highest BCUT2D eigenvalue weighted by molar-refractivity contribution is 6.29. The molecular weight excluding hydrogens is 312 g/mol. The first-order chi connectivity index (χ1) is 11.1. The van der Waals surface area contributed by atoms with E-state index in [1.807, 2.05) is 31.2 Å². The largest absolute Gasteiger partial charge is 0.371 e. The van der Waals surface area contributed by atoms with Crippen LogP contribution in [0.2, 0.25) is 5.15 Å². The predicted molar refractivity (Wildman–Crippen MR) is 91.8 cm³/mol. The van der Waals surface area contributed by atoms with Crippen LogP contribution in [0.4, 0.5) is 11.5 Å². The van der Waals surface area contributed by atoms with E-state index in [1.54, 1.807) is 12.4 Å². The van der Waals surface area contributed by atoms with E-state index in [9.17, 15) is 4.79 Å². The minimum Gasteiger partial charge on any atom is -0.371 e. The lowest BCUT2D eigenvalue weighted by Gasteiger charge is -2.33. The van der Waals surface area contributed by atoms with E-state index in [0.29, 0.717) is 17.5 Å². The molecule has 23 heavy (non-hydrogen) atoms. The molecule has 5 nitrogen and oxygen atoms in total. The minimum atomic E-state index is -0.0567. The van der Waals surface area contributed by atoms with Crippen LogP contribution >= 0.6 is 11.6 Å². The summed E-state index contributed by atoms with van der Waals surface area (Å²) >= 11 is 5.96. The molecule has 1 saturated heterocycles. The molecule has 1 fully saturated rings. The molecule has 0 saturated carbocycles. The van der Waals surface area contributed by atoms with Crippen LogP contribution in [0.25, 0.3) is 0 Å². The summed E-state index contributed by atoms with van der Waals surface area (Å²) in [6.07, 6.45) is 5.30. The average Bonchev–Trinajstić information content (AvgIpc) is 2.57. The van der Waals surface area contributed by atoms with Crippen molar-refractivity contribution in [3.05, 3.63) is 47.4 Å². The molecule has 3 heterocycles. The molecule has 6 heteroatoms. The van der Waals surface area contributed by atoms with Crippen LogP contribution in [0.15, 0.2) is 36.7 Å². The average molecular weight is 331 g/mol. The normalized spacial score (nSPS) is 17.8. The van der Waals surface area contributed by atoms with Gasteiger partial charge in [0.1, 0.15) is 11.0 Å². The molecule has 2 aromatic heterocycles. The van der Waals surface area contributed by atoms with Crippen molar-refractivity contribution >= 4 is 29.0 Å². The van der Waals surface area contributed by atoms with Crippen molar-refractivity contribution in [1.82, 2.24) is 9.97 Å². The van der Waals surface area contributed by atoms with Gasteiger partial charge in [-0.15, -0.1) is 0 Å². The summed E-state index contributed by atoms with van der Waals surface area (Å²) in [5.41, 5.74) is 2.08. The monoisotopic (exact) mass is 330 g/mol. The van der Waals surface area contributed by atoms with Crippen molar-refractivity contribution in [2.24, 2.45) is 5.92 Å². The first kappa shape index (κ1) is 15.7. The fourth-order valence-corrected chi connectivity index (χ4v) is 2.95. The molecule has 1 aliphatic rings. The SMILES string of the molecule is Cc1ccc(NC(=O)C2CCCN(c3ccnc(Cl)c3)C2)nc1. The fraction of sp³-hybridized carbons (Fsp3) is 0.353. The Morgan fingerprint density at radius 2 is 2.22 bits per heavy atom. The zero-order valence-electron chi connectivity index (χ0n) is 13.0. The number of halogens is 1. The highest BCUT2D eigenvalue weighted by Gasteiger charge is 2.26. The summed E-state index contributed by atoms with van der Waals surface area (Å²) in [6.45, 7) is 3.57. The van der Waals surface area contributed by atoms with Crippen LogP contribution in [0.3, 0.4) is 0 Å². The lowest BCUT2D eigenvalue weighted by Crippen LogP contribution is -2.40. The number of hydrogen-bond donors (Lipinski definition) is 1. The lowest BCUT2D eigenvalue weighted by molar-refractivity contribution is -0.120. The van der Waals surface area contributed by atoms with Crippen LogP contribution in [0.5, 0.6) is 0 Å². The number of amides is 1. The van der Waals surface area contributed by atoms with Crippen LogP contribution < -0.4 is 10.2 Å². The molecular formula is C17H19ClN4O. The number of hydrogen-bond acceptors (Lipinski definition) is 4. The summed E-state index contributed by atoms with van der Waals surface area (Å²) < 4.78 is 0. The van der Waals surface area contributed by atoms with Crippen molar-refractivity contribution in [3.63, 3.8) is 0 Å². The summed E-state index contributed by atoms with van der Waals surface area (Å²) in [4.78, 5) is 22.9. The molecule has 0 spiro atoms. The summed E-state index contributed by atoms with van der Waals surface area (Å²) in [6, 6.07) is 7.53. The highest BCUT2D eigenvalue weighted by Crippen LogP contribution is 2.25. The van der Waals surface area contributed by atoms with E-state index < -0.39 is 0 Å².